The first-order valence-electron chi connectivity index (χ1n) is 8.83. The molecule has 2 aliphatic rings. The van der Waals surface area contributed by atoms with Crippen LogP contribution < -0.4 is 10.1 Å². The Bertz CT molecular complexity index is 744. The van der Waals surface area contributed by atoms with E-state index in [2.05, 4.69) is 10.3 Å². The Labute approximate surface area is 147 Å². The minimum absolute atomic E-state index is 0.00367. The van der Waals surface area contributed by atoms with E-state index in [1.165, 1.54) is 6.42 Å². The third kappa shape index (κ3) is 3.64. The van der Waals surface area contributed by atoms with Crippen LogP contribution in [0.5, 0.6) is 5.75 Å². The number of hydrogen-bond acceptors (Lipinski definition) is 5. The molecule has 0 radical (unpaired) electrons. The van der Waals surface area contributed by atoms with Gasteiger partial charge in [0.25, 0.3) is 5.91 Å². The summed E-state index contributed by atoms with van der Waals surface area (Å²) >= 11 is 0. The van der Waals surface area contributed by atoms with E-state index in [4.69, 9.17) is 9.72 Å². The number of rotatable bonds is 4. The molecule has 0 spiro atoms. The average Bonchev–Trinajstić information content (AvgIpc) is 3.21. The number of ether oxygens (including phenoxy) is 1. The summed E-state index contributed by atoms with van der Waals surface area (Å²) in [4.78, 5) is 23.5. The smallest absolute Gasteiger partial charge is 0.260 e. The molecule has 0 aliphatic carbocycles. The van der Waals surface area contributed by atoms with Crippen molar-refractivity contribution >= 4 is 5.91 Å². The fourth-order valence-corrected chi connectivity index (χ4v) is 3.37. The topological polar surface area (TPSA) is 67.3 Å². The zero-order valence-electron chi connectivity index (χ0n) is 14.1. The summed E-state index contributed by atoms with van der Waals surface area (Å²) in [6, 6.07) is 9.70. The van der Waals surface area contributed by atoms with E-state index in [9.17, 15) is 4.79 Å². The normalized spacial score (nSPS) is 19.5. The van der Waals surface area contributed by atoms with Crippen LogP contribution in [0.1, 0.15) is 36.0 Å². The van der Waals surface area contributed by atoms with E-state index in [0.717, 1.165) is 36.5 Å². The Kier molecular flexibility index (Phi) is 4.61. The molecule has 2 aliphatic heterocycles. The predicted octanol–water partition coefficient (Wildman–Crippen LogP) is 1.86. The number of aromatic nitrogens is 2. The van der Waals surface area contributed by atoms with Gasteiger partial charge in [-0.25, -0.2) is 9.97 Å². The van der Waals surface area contributed by atoms with Crippen molar-refractivity contribution in [1.29, 1.82) is 0 Å². The minimum Gasteiger partial charge on any atom is -0.484 e. The molecule has 2 aromatic rings. The maximum Gasteiger partial charge on any atom is 0.260 e. The van der Waals surface area contributed by atoms with Crippen molar-refractivity contribution in [1.82, 2.24) is 20.2 Å². The molecule has 130 valence electrons. The molecule has 4 rings (SSSR count). The molecular weight excluding hydrogens is 316 g/mol. The number of carbonyl (C=O) groups excluding carboxylic acids is 1. The third-order valence-electron chi connectivity index (χ3n) is 4.78. The third-order valence-corrected chi connectivity index (χ3v) is 4.78. The lowest BCUT2D eigenvalue weighted by atomic mass is 10.1. The van der Waals surface area contributed by atoms with Crippen LogP contribution in [0.4, 0.5) is 0 Å². The molecule has 25 heavy (non-hydrogen) atoms. The summed E-state index contributed by atoms with van der Waals surface area (Å²) in [6.07, 6.45) is 4.93. The van der Waals surface area contributed by atoms with Crippen molar-refractivity contribution in [2.24, 2.45) is 0 Å². The van der Waals surface area contributed by atoms with Gasteiger partial charge in [-0.3, -0.25) is 4.79 Å². The molecule has 1 amide bonds. The number of para-hydroxylation sites is 1. The highest BCUT2D eigenvalue weighted by Gasteiger charge is 2.25. The maximum absolute atomic E-state index is 12.4. The Morgan fingerprint density at radius 1 is 1.32 bits per heavy atom. The Morgan fingerprint density at radius 2 is 2.20 bits per heavy atom. The fourth-order valence-electron chi connectivity index (χ4n) is 3.37. The van der Waals surface area contributed by atoms with Crippen molar-refractivity contribution in [2.75, 3.05) is 19.7 Å². The van der Waals surface area contributed by atoms with Crippen molar-refractivity contribution < 1.29 is 9.53 Å². The molecule has 3 heterocycles. The van der Waals surface area contributed by atoms with E-state index in [-0.39, 0.29) is 18.6 Å². The predicted molar refractivity (Wildman–Crippen MR) is 93.1 cm³/mol. The Morgan fingerprint density at radius 3 is 3.00 bits per heavy atom. The Hall–Kier alpha value is -2.47. The van der Waals surface area contributed by atoms with Crippen molar-refractivity contribution in [3.63, 3.8) is 0 Å². The van der Waals surface area contributed by atoms with Gasteiger partial charge in [0.2, 0.25) is 0 Å². The van der Waals surface area contributed by atoms with Crippen LogP contribution in [0.2, 0.25) is 0 Å². The summed E-state index contributed by atoms with van der Waals surface area (Å²) in [7, 11) is 0. The molecule has 6 nitrogen and oxygen atoms in total. The summed E-state index contributed by atoms with van der Waals surface area (Å²) < 4.78 is 5.56. The number of hydrogen-bond donors (Lipinski definition) is 1. The van der Waals surface area contributed by atoms with Crippen molar-refractivity contribution in [2.45, 2.75) is 31.8 Å². The molecule has 1 fully saturated rings. The summed E-state index contributed by atoms with van der Waals surface area (Å²) in [6.45, 7) is 2.34. The van der Waals surface area contributed by atoms with Gasteiger partial charge in [-0.2, -0.15) is 0 Å². The van der Waals surface area contributed by atoms with E-state index < -0.39 is 0 Å². The van der Waals surface area contributed by atoms with Crippen LogP contribution in [0, 0.1) is 0 Å². The zero-order chi connectivity index (χ0) is 17.1. The van der Waals surface area contributed by atoms with Gasteiger partial charge in [-0.15, -0.1) is 0 Å². The van der Waals surface area contributed by atoms with Gasteiger partial charge < -0.3 is 15.0 Å². The largest absolute Gasteiger partial charge is 0.484 e. The van der Waals surface area contributed by atoms with Gasteiger partial charge in [0, 0.05) is 31.3 Å². The molecule has 6 heteroatoms. The van der Waals surface area contributed by atoms with Crippen LogP contribution >= 0.6 is 0 Å². The monoisotopic (exact) mass is 338 g/mol. The molecule has 1 unspecified atom stereocenters. The summed E-state index contributed by atoms with van der Waals surface area (Å²) in [5.41, 5.74) is 2.12. The maximum atomic E-state index is 12.4. The first-order chi connectivity index (χ1) is 12.3. The van der Waals surface area contributed by atoms with Gasteiger partial charge >= 0.3 is 0 Å². The van der Waals surface area contributed by atoms with Crippen molar-refractivity contribution in [3.05, 3.63) is 53.6 Å². The van der Waals surface area contributed by atoms with Crippen molar-refractivity contribution in [3.8, 4) is 5.75 Å². The van der Waals surface area contributed by atoms with Crippen LogP contribution in [0.25, 0.3) is 0 Å². The lowest BCUT2D eigenvalue weighted by Gasteiger charge is -2.28. The van der Waals surface area contributed by atoms with E-state index in [1.54, 1.807) is 0 Å². The quantitative estimate of drug-likeness (QED) is 0.922. The second-order valence-corrected chi connectivity index (χ2v) is 6.52. The van der Waals surface area contributed by atoms with Crippen LogP contribution in [-0.2, 0) is 17.8 Å². The standard InChI is InChI=1S/C19H22N4O2/c24-18(13-25-15-5-2-1-3-6-15)23-10-8-16-14(12-23)11-21-19(22-16)17-7-4-9-20-17/h1-3,5-6,11,17,20H,4,7-10,12-13H2. The number of benzene rings is 1. The zero-order valence-corrected chi connectivity index (χ0v) is 14.1. The van der Waals surface area contributed by atoms with Gasteiger partial charge in [0.1, 0.15) is 11.6 Å². The molecular formula is C19H22N4O2. The summed E-state index contributed by atoms with van der Waals surface area (Å²) in [5, 5.41) is 3.43. The van der Waals surface area contributed by atoms with E-state index in [0.29, 0.717) is 18.8 Å². The van der Waals surface area contributed by atoms with Crippen LogP contribution in [0.15, 0.2) is 36.5 Å². The van der Waals surface area contributed by atoms with Crippen LogP contribution in [0.3, 0.4) is 0 Å². The van der Waals surface area contributed by atoms with Gasteiger partial charge in [0.05, 0.1) is 11.7 Å². The number of nitrogens with one attached hydrogen (secondary N) is 1. The highest BCUT2D eigenvalue weighted by Crippen LogP contribution is 2.23. The molecule has 1 aromatic carbocycles. The molecule has 1 N–H and O–H groups in total. The minimum atomic E-state index is -0.00367. The second-order valence-electron chi connectivity index (χ2n) is 6.52. The number of carbonyl (C=O) groups is 1. The first kappa shape index (κ1) is 16.0. The van der Waals surface area contributed by atoms with Gasteiger partial charge in [-0.05, 0) is 31.5 Å². The molecule has 0 saturated carbocycles. The fraction of sp³-hybridized carbons (Fsp3) is 0.421. The number of nitrogens with zero attached hydrogens (tertiary/aromatic N) is 3. The Balaban J connectivity index is 1.38. The lowest BCUT2D eigenvalue weighted by Crippen LogP contribution is -2.39. The van der Waals surface area contributed by atoms with E-state index in [1.807, 2.05) is 41.4 Å². The molecule has 1 aromatic heterocycles. The summed E-state index contributed by atoms with van der Waals surface area (Å²) in [5.74, 6) is 1.60. The highest BCUT2D eigenvalue weighted by atomic mass is 16.5. The SMILES string of the molecule is O=C(COc1ccccc1)N1CCc2nc(C3CCCN3)ncc2C1. The first-order valence-corrected chi connectivity index (χ1v) is 8.83. The number of fused-ring (bicyclic) bond motifs is 1. The molecule has 1 saturated heterocycles. The lowest BCUT2D eigenvalue weighted by molar-refractivity contribution is -0.134. The average molecular weight is 338 g/mol. The number of amides is 1. The van der Waals surface area contributed by atoms with Crippen LogP contribution in [-0.4, -0.2) is 40.5 Å². The van der Waals surface area contributed by atoms with Gasteiger partial charge in [-0.1, -0.05) is 18.2 Å². The molecule has 1 atom stereocenters. The second kappa shape index (κ2) is 7.19. The molecule has 0 bridgehead atoms. The van der Waals surface area contributed by atoms with E-state index >= 15 is 0 Å². The van der Waals surface area contributed by atoms with Gasteiger partial charge in [0.15, 0.2) is 6.61 Å². The highest BCUT2D eigenvalue weighted by molar-refractivity contribution is 5.78.